The molecule has 0 spiro atoms. The molecule has 1 rings (SSSR count). The van der Waals surface area contributed by atoms with Gasteiger partial charge in [-0.25, -0.2) is 0 Å². The summed E-state index contributed by atoms with van der Waals surface area (Å²) in [6, 6.07) is 3.13. The Bertz CT molecular complexity index is 361. The van der Waals surface area contributed by atoms with Gasteiger partial charge in [0, 0.05) is 0 Å². The van der Waals surface area contributed by atoms with Crippen molar-refractivity contribution >= 4 is 5.97 Å². The summed E-state index contributed by atoms with van der Waals surface area (Å²) in [6.45, 7) is 3.33. The first kappa shape index (κ1) is 11.4. The Morgan fingerprint density at radius 1 is 1.47 bits per heavy atom. The van der Waals surface area contributed by atoms with Gasteiger partial charge in [-0.3, -0.25) is 4.79 Å². The molecule has 0 aromatic heterocycles. The Kier molecular flexibility index (Phi) is 3.19. The first-order valence-electron chi connectivity index (χ1n) is 4.57. The standard InChI is InChI=1S/C11H14O4/c1-6-4-8(7(2)11(13)14)5-9(12)10(6)15-3/h4-5,7,12H,1-3H3,(H,13,14). The van der Waals surface area contributed by atoms with E-state index in [-0.39, 0.29) is 5.75 Å². The lowest BCUT2D eigenvalue weighted by atomic mass is 9.98. The highest BCUT2D eigenvalue weighted by molar-refractivity contribution is 5.76. The SMILES string of the molecule is COc1c(C)cc(C(C)C(=O)O)cc1O. The molecule has 0 aliphatic heterocycles. The number of aryl methyl sites for hydroxylation is 1. The van der Waals surface area contributed by atoms with Gasteiger partial charge in [-0.2, -0.15) is 0 Å². The third kappa shape index (κ3) is 2.21. The molecule has 0 heterocycles. The van der Waals surface area contributed by atoms with Crippen molar-refractivity contribution in [1.29, 1.82) is 0 Å². The van der Waals surface area contributed by atoms with Gasteiger partial charge in [0.15, 0.2) is 11.5 Å². The zero-order chi connectivity index (χ0) is 11.6. The van der Waals surface area contributed by atoms with Crippen LogP contribution >= 0.6 is 0 Å². The second-order valence-corrected chi connectivity index (χ2v) is 3.45. The van der Waals surface area contributed by atoms with Crippen molar-refractivity contribution in [3.05, 3.63) is 23.3 Å². The summed E-state index contributed by atoms with van der Waals surface area (Å²) in [6.07, 6.45) is 0. The minimum absolute atomic E-state index is 0.0272. The van der Waals surface area contributed by atoms with Gasteiger partial charge in [0.25, 0.3) is 0 Å². The van der Waals surface area contributed by atoms with E-state index in [1.807, 2.05) is 0 Å². The number of carboxylic acids is 1. The van der Waals surface area contributed by atoms with E-state index in [2.05, 4.69) is 0 Å². The van der Waals surface area contributed by atoms with Gasteiger partial charge in [-0.1, -0.05) is 6.07 Å². The van der Waals surface area contributed by atoms with Gasteiger partial charge in [-0.15, -0.1) is 0 Å². The van der Waals surface area contributed by atoms with Crippen LogP contribution in [0, 0.1) is 6.92 Å². The third-order valence-corrected chi connectivity index (χ3v) is 2.35. The Morgan fingerprint density at radius 2 is 2.07 bits per heavy atom. The van der Waals surface area contributed by atoms with E-state index < -0.39 is 11.9 Å². The number of rotatable bonds is 3. The number of phenolic OH excluding ortho intramolecular Hbond substituents is 1. The van der Waals surface area contributed by atoms with Crippen molar-refractivity contribution in [1.82, 2.24) is 0 Å². The number of carboxylic acid groups (broad SMARTS) is 1. The van der Waals surface area contributed by atoms with Crippen molar-refractivity contribution in [2.45, 2.75) is 19.8 Å². The summed E-state index contributed by atoms with van der Waals surface area (Å²) in [7, 11) is 1.46. The fourth-order valence-electron chi connectivity index (χ4n) is 1.44. The van der Waals surface area contributed by atoms with Crippen molar-refractivity contribution < 1.29 is 19.7 Å². The van der Waals surface area contributed by atoms with Crippen LogP contribution in [0.4, 0.5) is 0 Å². The zero-order valence-corrected chi connectivity index (χ0v) is 8.94. The van der Waals surface area contributed by atoms with Crippen LogP contribution in [0.5, 0.6) is 11.5 Å². The summed E-state index contributed by atoms with van der Waals surface area (Å²) in [4.78, 5) is 10.8. The maximum atomic E-state index is 10.8. The number of aliphatic carboxylic acids is 1. The number of ether oxygens (including phenoxy) is 1. The molecule has 2 N–H and O–H groups in total. The van der Waals surface area contributed by atoms with Crippen LogP contribution in [-0.2, 0) is 4.79 Å². The predicted octanol–water partition coefficient (Wildman–Crippen LogP) is 1.90. The first-order chi connectivity index (χ1) is 6.97. The normalized spacial score (nSPS) is 12.2. The van der Waals surface area contributed by atoms with Crippen LogP contribution in [-0.4, -0.2) is 23.3 Å². The molecule has 0 saturated carbocycles. The lowest BCUT2D eigenvalue weighted by Crippen LogP contribution is -2.07. The summed E-state index contributed by atoms with van der Waals surface area (Å²) >= 11 is 0. The minimum Gasteiger partial charge on any atom is -0.504 e. The highest BCUT2D eigenvalue weighted by Gasteiger charge is 2.17. The molecule has 0 aliphatic carbocycles. The molecule has 1 aromatic carbocycles. The molecule has 1 aromatic rings. The van der Waals surface area contributed by atoms with Crippen LogP contribution in [0.1, 0.15) is 24.0 Å². The molecule has 4 nitrogen and oxygen atoms in total. The fourth-order valence-corrected chi connectivity index (χ4v) is 1.44. The summed E-state index contributed by atoms with van der Waals surface area (Å²) < 4.78 is 4.97. The molecule has 0 saturated heterocycles. The maximum absolute atomic E-state index is 10.8. The summed E-state index contributed by atoms with van der Waals surface area (Å²) in [5.41, 5.74) is 1.29. The lowest BCUT2D eigenvalue weighted by Gasteiger charge is -2.12. The van der Waals surface area contributed by atoms with E-state index in [9.17, 15) is 9.90 Å². The van der Waals surface area contributed by atoms with Crippen molar-refractivity contribution in [2.75, 3.05) is 7.11 Å². The highest BCUT2D eigenvalue weighted by atomic mass is 16.5. The van der Waals surface area contributed by atoms with Crippen LogP contribution in [0.25, 0.3) is 0 Å². The minimum atomic E-state index is -0.918. The van der Waals surface area contributed by atoms with Crippen LogP contribution in [0.15, 0.2) is 12.1 Å². The molecule has 82 valence electrons. The number of hydrogen-bond donors (Lipinski definition) is 2. The number of hydrogen-bond acceptors (Lipinski definition) is 3. The maximum Gasteiger partial charge on any atom is 0.310 e. The van der Waals surface area contributed by atoms with Gasteiger partial charge in [0.2, 0.25) is 0 Å². The van der Waals surface area contributed by atoms with Crippen LogP contribution < -0.4 is 4.74 Å². The van der Waals surface area contributed by atoms with E-state index in [0.717, 1.165) is 5.56 Å². The monoisotopic (exact) mass is 210 g/mol. The van der Waals surface area contributed by atoms with Crippen molar-refractivity contribution in [3.8, 4) is 11.5 Å². The van der Waals surface area contributed by atoms with E-state index in [1.54, 1.807) is 19.9 Å². The number of benzene rings is 1. The first-order valence-corrected chi connectivity index (χ1v) is 4.57. The molecule has 0 aliphatic rings. The topological polar surface area (TPSA) is 66.8 Å². The largest absolute Gasteiger partial charge is 0.504 e. The van der Waals surface area contributed by atoms with E-state index in [4.69, 9.17) is 9.84 Å². The molecule has 0 fully saturated rings. The fraction of sp³-hybridized carbons (Fsp3) is 0.364. The van der Waals surface area contributed by atoms with Crippen molar-refractivity contribution in [2.24, 2.45) is 0 Å². The molecule has 0 bridgehead atoms. The molecule has 1 atom stereocenters. The van der Waals surface area contributed by atoms with Crippen LogP contribution in [0.2, 0.25) is 0 Å². The number of phenols is 1. The Morgan fingerprint density at radius 3 is 2.47 bits per heavy atom. The molecule has 4 heteroatoms. The molecule has 0 amide bonds. The summed E-state index contributed by atoms with van der Waals surface area (Å²) in [5, 5.41) is 18.4. The Balaban J connectivity index is 3.19. The Labute approximate surface area is 88.1 Å². The van der Waals surface area contributed by atoms with E-state index in [0.29, 0.717) is 11.3 Å². The quantitative estimate of drug-likeness (QED) is 0.799. The molecule has 1 unspecified atom stereocenters. The smallest absolute Gasteiger partial charge is 0.310 e. The van der Waals surface area contributed by atoms with Gasteiger partial charge >= 0.3 is 5.97 Å². The van der Waals surface area contributed by atoms with E-state index >= 15 is 0 Å². The van der Waals surface area contributed by atoms with Crippen LogP contribution in [0.3, 0.4) is 0 Å². The van der Waals surface area contributed by atoms with Gasteiger partial charge in [0.1, 0.15) is 0 Å². The zero-order valence-electron chi connectivity index (χ0n) is 8.94. The molecule has 0 radical (unpaired) electrons. The predicted molar refractivity (Wildman–Crippen MR) is 55.4 cm³/mol. The number of aromatic hydroxyl groups is 1. The van der Waals surface area contributed by atoms with Gasteiger partial charge in [0.05, 0.1) is 13.0 Å². The average molecular weight is 210 g/mol. The summed E-state index contributed by atoms with van der Waals surface area (Å²) in [5.74, 6) is -1.20. The third-order valence-electron chi connectivity index (χ3n) is 2.35. The van der Waals surface area contributed by atoms with Crippen molar-refractivity contribution in [3.63, 3.8) is 0 Å². The Hall–Kier alpha value is -1.71. The average Bonchev–Trinajstić information content (AvgIpc) is 2.15. The lowest BCUT2D eigenvalue weighted by molar-refractivity contribution is -0.138. The highest BCUT2D eigenvalue weighted by Crippen LogP contribution is 2.33. The van der Waals surface area contributed by atoms with E-state index in [1.165, 1.54) is 13.2 Å². The molecule has 15 heavy (non-hydrogen) atoms. The molecular formula is C11H14O4. The van der Waals surface area contributed by atoms with Gasteiger partial charge in [-0.05, 0) is 31.0 Å². The second-order valence-electron chi connectivity index (χ2n) is 3.45. The van der Waals surface area contributed by atoms with Gasteiger partial charge < -0.3 is 14.9 Å². The number of methoxy groups -OCH3 is 1. The number of carbonyl (C=O) groups is 1. The molecular weight excluding hydrogens is 196 g/mol. The second kappa shape index (κ2) is 4.21.